The minimum absolute atomic E-state index is 0.117. The van der Waals surface area contributed by atoms with E-state index in [4.69, 9.17) is 14.2 Å². The van der Waals surface area contributed by atoms with E-state index in [0.717, 1.165) is 0 Å². The Balaban J connectivity index is 1.60. The van der Waals surface area contributed by atoms with Crippen LogP contribution in [0.25, 0.3) is 0 Å². The molecule has 0 radical (unpaired) electrons. The molecule has 1 N–H and O–H groups in total. The normalized spacial score (nSPS) is 18.1. The average molecular weight is 412 g/mol. The largest absolute Gasteiger partial charge is 0.462 e. The third kappa shape index (κ3) is 3.51. The summed E-state index contributed by atoms with van der Waals surface area (Å²) in [5.74, 6) is 0.243. The number of carbonyl (C=O) groups excluding carboxylic acids is 2. The molecule has 4 rings (SSSR count). The molecule has 1 amide bonds. The van der Waals surface area contributed by atoms with Crippen LogP contribution in [-0.2, 0) is 4.74 Å². The smallest absolute Gasteiger partial charge is 0.345 e. The van der Waals surface area contributed by atoms with Crippen LogP contribution in [0.15, 0.2) is 34.3 Å². The van der Waals surface area contributed by atoms with Gasteiger partial charge in [0.2, 0.25) is 6.79 Å². The van der Waals surface area contributed by atoms with E-state index in [1.54, 1.807) is 25.1 Å². The zero-order chi connectivity index (χ0) is 21.3. The Kier molecular flexibility index (Phi) is 5.21. The van der Waals surface area contributed by atoms with Crippen molar-refractivity contribution in [2.45, 2.75) is 32.7 Å². The summed E-state index contributed by atoms with van der Waals surface area (Å²) >= 11 is 0. The van der Waals surface area contributed by atoms with Gasteiger partial charge in [0.1, 0.15) is 11.3 Å². The summed E-state index contributed by atoms with van der Waals surface area (Å²) < 4.78 is 16.9. The molecule has 2 aliphatic heterocycles. The van der Waals surface area contributed by atoms with Gasteiger partial charge in [0, 0.05) is 17.8 Å². The zero-order valence-corrected chi connectivity index (χ0v) is 16.5. The van der Waals surface area contributed by atoms with E-state index in [2.05, 4.69) is 15.5 Å². The lowest BCUT2D eigenvalue weighted by atomic mass is 10.0. The van der Waals surface area contributed by atoms with Gasteiger partial charge in [0.25, 0.3) is 11.5 Å². The molecule has 0 bridgehead atoms. The maximum absolute atomic E-state index is 12.8. The number of benzene rings is 1. The molecule has 1 atom stereocenters. The first-order valence-corrected chi connectivity index (χ1v) is 9.55. The van der Waals surface area contributed by atoms with Gasteiger partial charge in [-0.1, -0.05) is 0 Å². The summed E-state index contributed by atoms with van der Waals surface area (Å²) in [7, 11) is 0. The van der Waals surface area contributed by atoms with Crippen molar-refractivity contribution in [1.82, 2.24) is 15.0 Å². The standard InChI is InChI=1S/C20H20N4O6/c1-3-28-20(27)13-9-21-17-14(6-4-11(2)24(17)19(13)26)22-23-18(25)12-5-7-15-16(8-12)30-10-29-15/h5,7-9,11H,3-4,6,10H2,1-2H3,(H,23,25). The third-order valence-electron chi connectivity index (χ3n) is 4.91. The number of amides is 1. The lowest BCUT2D eigenvalue weighted by Gasteiger charge is -2.25. The van der Waals surface area contributed by atoms with Crippen LogP contribution in [0.5, 0.6) is 11.5 Å². The number of nitrogens with one attached hydrogen (secondary N) is 1. The summed E-state index contributed by atoms with van der Waals surface area (Å²) in [6, 6.07) is 4.66. The van der Waals surface area contributed by atoms with Gasteiger partial charge in [-0.2, -0.15) is 5.10 Å². The van der Waals surface area contributed by atoms with E-state index >= 15 is 0 Å². The monoisotopic (exact) mass is 412 g/mol. The van der Waals surface area contributed by atoms with Crippen LogP contribution in [-0.4, -0.2) is 40.5 Å². The van der Waals surface area contributed by atoms with Crippen molar-refractivity contribution in [2.24, 2.45) is 5.10 Å². The quantitative estimate of drug-likeness (QED) is 0.598. The summed E-state index contributed by atoms with van der Waals surface area (Å²) in [5, 5.41) is 4.19. The fourth-order valence-corrected chi connectivity index (χ4v) is 3.35. The minimum atomic E-state index is -0.710. The van der Waals surface area contributed by atoms with Crippen LogP contribution < -0.4 is 20.5 Å². The highest BCUT2D eigenvalue weighted by molar-refractivity contribution is 6.01. The second-order valence-corrected chi connectivity index (χ2v) is 6.85. The lowest BCUT2D eigenvalue weighted by molar-refractivity contribution is 0.0522. The third-order valence-corrected chi connectivity index (χ3v) is 4.91. The summed E-state index contributed by atoms with van der Waals surface area (Å²) in [5.41, 5.74) is 2.70. The van der Waals surface area contributed by atoms with Crippen LogP contribution >= 0.6 is 0 Å². The molecule has 2 aliphatic rings. The first kappa shape index (κ1) is 19.6. The maximum atomic E-state index is 12.8. The number of carbonyl (C=O) groups is 2. The van der Waals surface area contributed by atoms with Crippen molar-refractivity contribution in [1.29, 1.82) is 0 Å². The molecule has 10 nitrogen and oxygen atoms in total. The molecule has 2 aromatic rings. The summed E-state index contributed by atoms with van der Waals surface area (Å²) in [6.07, 6.45) is 2.33. The highest BCUT2D eigenvalue weighted by atomic mass is 16.7. The first-order valence-electron chi connectivity index (χ1n) is 9.55. The van der Waals surface area contributed by atoms with Gasteiger partial charge in [-0.05, 0) is 44.9 Å². The molecular formula is C20H20N4O6. The van der Waals surface area contributed by atoms with Crippen LogP contribution in [0.1, 0.15) is 59.3 Å². The van der Waals surface area contributed by atoms with Gasteiger partial charge in [-0.3, -0.25) is 14.2 Å². The van der Waals surface area contributed by atoms with Gasteiger partial charge in [-0.25, -0.2) is 15.2 Å². The lowest BCUT2D eigenvalue weighted by Crippen LogP contribution is -2.38. The van der Waals surface area contributed by atoms with Crippen molar-refractivity contribution in [3.05, 3.63) is 51.7 Å². The molecule has 0 aliphatic carbocycles. The van der Waals surface area contributed by atoms with Gasteiger partial charge < -0.3 is 14.2 Å². The number of hydrogen-bond donors (Lipinski definition) is 1. The van der Waals surface area contributed by atoms with E-state index < -0.39 is 17.4 Å². The van der Waals surface area contributed by atoms with Crippen molar-refractivity contribution in [3.63, 3.8) is 0 Å². The van der Waals surface area contributed by atoms with E-state index in [1.165, 1.54) is 10.8 Å². The van der Waals surface area contributed by atoms with Gasteiger partial charge in [0.15, 0.2) is 17.3 Å². The second kappa shape index (κ2) is 7.97. The number of hydrogen-bond acceptors (Lipinski definition) is 8. The maximum Gasteiger partial charge on any atom is 0.345 e. The topological polar surface area (TPSA) is 121 Å². The first-order chi connectivity index (χ1) is 14.5. The van der Waals surface area contributed by atoms with E-state index in [-0.39, 0.29) is 25.0 Å². The minimum Gasteiger partial charge on any atom is -0.462 e. The molecule has 0 spiro atoms. The Bertz CT molecular complexity index is 1110. The number of aromatic nitrogens is 2. The van der Waals surface area contributed by atoms with Gasteiger partial charge in [0.05, 0.1) is 6.61 Å². The zero-order valence-electron chi connectivity index (χ0n) is 16.5. The molecular weight excluding hydrogens is 392 g/mol. The van der Waals surface area contributed by atoms with E-state index in [0.29, 0.717) is 41.4 Å². The Hall–Kier alpha value is -3.69. The van der Waals surface area contributed by atoms with E-state index in [9.17, 15) is 14.4 Å². The summed E-state index contributed by atoms with van der Waals surface area (Å²) in [4.78, 5) is 41.6. The highest BCUT2D eigenvalue weighted by Crippen LogP contribution is 2.32. The molecule has 0 saturated heterocycles. The number of nitrogens with zero attached hydrogens (tertiary/aromatic N) is 3. The predicted molar refractivity (Wildman–Crippen MR) is 105 cm³/mol. The fraction of sp³-hybridized carbons (Fsp3) is 0.350. The number of hydrazone groups is 1. The number of rotatable bonds is 4. The molecule has 3 heterocycles. The molecule has 30 heavy (non-hydrogen) atoms. The van der Waals surface area contributed by atoms with Gasteiger partial charge in [-0.15, -0.1) is 0 Å². The number of ether oxygens (including phenoxy) is 3. The number of esters is 1. The predicted octanol–water partition coefficient (Wildman–Crippen LogP) is 1.64. The Labute approximate surface area is 171 Å². The fourth-order valence-electron chi connectivity index (χ4n) is 3.35. The van der Waals surface area contributed by atoms with Crippen LogP contribution in [0.3, 0.4) is 0 Å². The van der Waals surface area contributed by atoms with Crippen LogP contribution in [0, 0.1) is 0 Å². The molecule has 1 aromatic carbocycles. The highest BCUT2D eigenvalue weighted by Gasteiger charge is 2.27. The average Bonchev–Trinajstić information content (AvgIpc) is 3.21. The molecule has 1 aromatic heterocycles. The molecule has 1 unspecified atom stereocenters. The van der Waals surface area contributed by atoms with Crippen LogP contribution in [0.4, 0.5) is 0 Å². The Morgan fingerprint density at radius 2 is 2.13 bits per heavy atom. The Morgan fingerprint density at radius 3 is 2.93 bits per heavy atom. The van der Waals surface area contributed by atoms with Crippen molar-refractivity contribution < 1.29 is 23.8 Å². The van der Waals surface area contributed by atoms with Crippen molar-refractivity contribution >= 4 is 17.6 Å². The van der Waals surface area contributed by atoms with Crippen molar-refractivity contribution in [3.8, 4) is 11.5 Å². The molecule has 0 saturated carbocycles. The second-order valence-electron chi connectivity index (χ2n) is 6.85. The molecule has 156 valence electrons. The molecule has 0 fully saturated rings. The SMILES string of the molecule is CCOC(=O)c1cnc2n(c1=O)C(C)CCC2=NNC(=O)c1ccc2c(c1)OCO2. The van der Waals surface area contributed by atoms with E-state index in [1.807, 2.05) is 6.92 Å². The number of fused-ring (bicyclic) bond motifs is 2. The Morgan fingerprint density at radius 1 is 1.33 bits per heavy atom. The van der Waals surface area contributed by atoms with Crippen molar-refractivity contribution in [2.75, 3.05) is 13.4 Å². The molecule has 10 heteroatoms. The van der Waals surface area contributed by atoms with Gasteiger partial charge >= 0.3 is 5.97 Å². The summed E-state index contributed by atoms with van der Waals surface area (Å²) in [6.45, 7) is 3.81. The van der Waals surface area contributed by atoms with Crippen LogP contribution in [0.2, 0.25) is 0 Å².